The lowest BCUT2D eigenvalue weighted by molar-refractivity contribution is 0.0946. The van der Waals surface area contributed by atoms with Crippen LogP contribution in [0.15, 0.2) is 48.2 Å². The van der Waals surface area contributed by atoms with Crippen LogP contribution in [-0.4, -0.2) is 26.0 Å². The molecule has 0 atom stereocenters. The number of amides is 1. The van der Waals surface area contributed by atoms with E-state index in [4.69, 9.17) is 0 Å². The second-order valence-corrected chi connectivity index (χ2v) is 5.60. The quantitative estimate of drug-likeness (QED) is 0.749. The van der Waals surface area contributed by atoms with Crippen molar-refractivity contribution >= 4 is 17.2 Å². The Hall–Kier alpha value is -2.64. The van der Waals surface area contributed by atoms with Gasteiger partial charge in [-0.25, -0.2) is 4.98 Å². The predicted octanol–water partition coefficient (Wildman–Crippen LogP) is 2.02. The van der Waals surface area contributed by atoms with Crippen LogP contribution in [0.3, 0.4) is 0 Å². The highest BCUT2D eigenvalue weighted by Gasteiger charge is 2.13. The summed E-state index contributed by atoms with van der Waals surface area (Å²) in [7, 11) is 0. The minimum atomic E-state index is -0.260. The van der Waals surface area contributed by atoms with E-state index < -0.39 is 0 Å². The molecule has 1 aromatic carbocycles. The number of thiazole rings is 1. The van der Waals surface area contributed by atoms with Gasteiger partial charge in [-0.15, -0.1) is 11.3 Å². The summed E-state index contributed by atoms with van der Waals surface area (Å²) in [6, 6.07) is 7.43. The van der Waals surface area contributed by atoms with Crippen molar-refractivity contribution in [1.82, 2.24) is 20.3 Å². The molecule has 2 heterocycles. The molecule has 116 valence electrons. The van der Waals surface area contributed by atoms with Crippen molar-refractivity contribution in [3.63, 3.8) is 0 Å². The topological polar surface area (TPSA) is 88.0 Å². The number of benzene rings is 1. The summed E-state index contributed by atoms with van der Waals surface area (Å²) < 4.78 is 0. The number of hydrogen-bond donors (Lipinski definition) is 2. The summed E-state index contributed by atoms with van der Waals surface area (Å²) in [6.07, 6.45) is 4.78. The number of carbonyl (C=O) groups excluding carboxylic acids is 1. The Morgan fingerprint density at radius 1 is 1.22 bits per heavy atom. The van der Waals surface area contributed by atoms with Crippen LogP contribution in [0.25, 0.3) is 10.7 Å². The zero-order valence-electron chi connectivity index (χ0n) is 12.1. The van der Waals surface area contributed by atoms with E-state index in [1.165, 1.54) is 11.3 Å². The third-order valence-corrected chi connectivity index (χ3v) is 4.11. The third-order valence-electron chi connectivity index (χ3n) is 3.25. The number of hydrogen-bond acceptors (Lipinski definition) is 6. The number of aliphatic hydroxyl groups is 1. The van der Waals surface area contributed by atoms with Crippen molar-refractivity contribution in [3.05, 3.63) is 65.1 Å². The van der Waals surface area contributed by atoms with E-state index in [1.54, 1.807) is 24.0 Å². The molecule has 3 rings (SSSR count). The van der Waals surface area contributed by atoms with Crippen LogP contribution in [0.1, 0.15) is 21.6 Å². The fourth-order valence-corrected chi connectivity index (χ4v) is 2.82. The van der Waals surface area contributed by atoms with Crippen molar-refractivity contribution in [3.8, 4) is 10.7 Å². The Morgan fingerprint density at radius 2 is 2.04 bits per heavy atom. The fourth-order valence-electron chi connectivity index (χ4n) is 2.06. The molecular formula is C16H14N4O2S. The standard InChI is InChI=1S/C16H14N4O2S/c21-9-12-4-2-1-3-11(12)7-19-15(22)14-10-23-16(20-14)13-8-17-5-6-18-13/h1-6,8,10,21H,7,9H2,(H,19,22). The number of nitrogens with zero attached hydrogens (tertiary/aromatic N) is 3. The van der Waals surface area contributed by atoms with Gasteiger partial charge in [-0.1, -0.05) is 24.3 Å². The monoisotopic (exact) mass is 326 g/mol. The first-order chi connectivity index (χ1) is 11.3. The maximum atomic E-state index is 12.2. The van der Waals surface area contributed by atoms with Gasteiger partial charge < -0.3 is 10.4 Å². The maximum Gasteiger partial charge on any atom is 0.271 e. The zero-order valence-corrected chi connectivity index (χ0v) is 13.0. The molecule has 0 spiro atoms. The van der Waals surface area contributed by atoms with Gasteiger partial charge in [0.15, 0.2) is 0 Å². The van der Waals surface area contributed by atoms with Gasteiger partial charge in [-0.2, -0.15) is 0 Å². The highest BCUT2D eigenvalue weighted by molar-refractivity contribution is 7.13. The maximum absolute atomic E-state index is 12.2. The minimum Gasteiger partial charge on any atom is -0.392 e. The van der Waals surface area contributed by atoms with Gasteiger partial charge in [-0.3, -0.25) is 14.8 Å². The summed E-state index contributed by atoms with van der Waals surface area (Å²) >= 11 is 1.35. The summed E-state index contributed by atoms with van der Waals surface area (Å²) in [5.41, 5.74) is 2.67. The molecule has 0 fully saturated rings. The van der Waals surface area contributed by atoms with Gasteiger partial charge in [0.25, 0.3) is 5.91 Å². The molecule has 0 unspecified atom stereocenters. The van der Waals surface area contributed by atoms with Crippen LogP contribution in [0, 0.1) is 0 Å². The second kappa shape index (κ2) is 7.08. The molecule has 2 aromatic heterocycles. The molecule has 0 bridgehead atoms. The van der Waals surface area contributed by atoms with Crippen LogP contribution in [0.4, 0.5) is 0 Å². The highest BCUT2D eigenvalue weighted by atomic mass is 32.1. The van der Waals surface area contributed by atoms with Gasteiger partial charge in [0.05, 0.1) is 12.8 Å². The molecule has 1 amide bonds. The summed E-state index contributed by atoms with van der Waals surface area (Å²) in [5.74, 6) is -0.260. The van der Waals surface area contributed by atoms with E-state index >= 15 is 0 Å². The molecule has 0 aliphatic carbocycles. The minimum absolute atomic E-state index is 0.0560. The van der Waals surface area contributed by atoms with Gasteiger partial charge in [0.1, 0.15) is 16.4 Å². The Morgan fingerprint density at radius 3 is 2.78 bits per heavy atom. The first-order valence-electron chi connectivity index (χ1n) is 6.95. The van der Waals surface area contributed by atoms with Crippen molar-refractivity contribution in [2.75, 3.05) is 0 Å². The highest BCUT2D eigenvalue weighted by Crippen LogP contribution is 2.20. The Kier molecular flexibility index (Phi) is 4.70. The van der Waals surface area contributed by atoms with E-state index in [1.807, 2.05) is 24.3 Å². The molecule has 6 nitrogen and oxygen atoms in total. The average Bonchev–Trinajstić information content (AvgIpc) is 3.11. The lowest BCUT2D eigenvalue weighted by Gasteiger charge is -2.07. The summed E-state index contributed by atoms with van der Waals surface area (Å²) in [4.78, 5) is 24.6. The SMILES string of the molecule is O=C(NCc1ccccc1CO)c1csc(-c2cnccn2)n1. The molecule has 3 aromatic rings. The molecule has 7 heteroatoms. The van der Waals surface area contributed by atoms with Gasteiger partial charge in [0.2, 0.25) is 0 Å². The van der Waals surface area contributed by atoms with E-state index in [9.17, 15) is 9.90 Å². The van der Waals surface area contributed by atoms with Crippen molar-refractivity contribution in [1.29, 1.82) is 0 Å². The van der Waals surface area contributed by atoms with Crippen LogP contribution >= 0.6 is 11.3 Å². The first kappa shape index (κ1) is 15.3. The van der Waals surface area contributed by atoms with Crippen molar-refractivity contribution in [2.24, 2.45) is 0 Å². The summed E-state index contributed by atoms with van der Waals surface area (Å²) in [6.45, 7) is 0.285. The van der Waals surface area contributed by atoms with Gasteiger partial charge >= 0.3 is 0 Å². The van der Waals surface area contributed by atoms with Crippen LogP contribution in [0.5, 0.6) is 0 Å². The molecule has 0 aliphatic rings. The summed E-state index contributed by atoms with van der Waals surface area (Å²) in [5, 5.41) is 14.5. The number of aromatic nitrogens is 3. The molecule has 0 radical (unpaired) electrons. The third kappa shape index (κ3) is 3.58. The molecule has 2 N–H and O–H groups in total. The average molecular weight is 326 g/mol. The lowest BCUT2D eigenvalue weighted by Crippen LogP contribution is -2.23. The predicted molar refractivity (Wildman–Crippen MR) is 86.7 cm³/mol. The number of rotatable bonds is 5. The van der Waals surface area contributed by atoms with E-state index in [0.29, 0.717) is 22.9 Å². The van der Waals surface area contributed by atoms with E-state index in [-0.39, 0.29) is 12.5 Å². The van der Waals surface area contributed by atoms with Crippen LogP contribution in [0.2, 0.25) is 0 Å². The molecular weight excluding hydrogens is 312 g/mol. The van der Waals surface area contributed by atoms with E-state index in [0.717, 1.165) is 11.1 Å². The number of aliphatic hydroxyl groups excluding tert-OH is 1. The number of nitrogens with one attached hydrogen (secondary N) is 1. The largest absolute Gasteiger partial charge is 0.392 e. The van der Waals surface area contributed by atoms with Gasteiger partial charge in [-0.05, 0) is 11.1 Å². The second-order valence-electron chi connectivity index (χ2n) is 4.74. The zero-order chi connectivity index (χ0) is 16.1. The molecule has 0 saturated heterocycles. The Bertz CT molecular complexity index is 805. The first-order valence-corrected chi connectivity index (χ1v) is 7.83. The molecule has 0 aliphatic heterocycles. The van der Waals surface area contributed by atoms with Crippen molar-refractivity contribution < 1.29 is 9.90 Å². The smallest absolute Gasteiger partial charge is 0.271 e. The lowest BCUT2D eigenvalue weighted by atomic mass is 10.1. The van der Waals surface area contributed by atoms with Crippen LogP contribution in [-0.2, 0) is 13.2 Å². The Labute approximate surface area is 136 Å². The molecule has 0 saturated carbocycles. The van der Waals surface area contributed by atoms with Crippen molar-refractivity contribution in [2.45, 2.75) is 13.2 Å². The Balaban J connectivity index is 1.68. The molecule has 23 heavy (non-hydrogen) atoms. The van der Waals surface area contributed by atoms with Gasteiger partial charge in [0, 0.05) is 24.3 Å². The van der Waals surface area contributed by atoms with E-state index in [2.05, 4.69) is 20.3 Å². The number of carbonyl (C=O) groups is 1. The fraction of sp³-hybridized carbons (Fsp3) is 0.125. The normalized spacial score (nSPS) is 10.5. The van der Waals surface area contributed by atoms with Crippen LogP contribution < -0.4 is 5.32 Å².